The van der Waals surface area contributed by atoms with Crippen molar-refractivity contribution in [1.82, 2.24) is 9.78 Å². The van der Waals surface area contributed by atoms with E-state index in [1.807, 2.05) is 25.1 Å². The Balaban J connectivity index is 1.51. The van der Waals surface area contributed by atoms with Gasteiger partial charge in [0.25, 0.3) is 5.91 Å². The van der Waals surface area contributed by atoms with Crippen LogP contribution in [-0.2, 0) is 4.74 Å². The number of carbonyl (C=O) groups excluding carboxylic acids is 2. The van der Waals surface area contributed by atoms with Crippen molar-refractivity contribution < 1.29 is 14.3 Å². The van der Waals surface area contributed by atoms with E-state index < -0.39 is 0 Å². The summed E-state index contributed by atoms with van der Waals surface area (Å²) in [6.45, 7) is 2.71. The van der Waals surface area contributed by atoms with Crippen LogP contribution >= 0.6 is 11.6 Å². The number of nitrogens with one attached hydrogen (secondary N) is 1. The third kappa shape index (κ3) is 3.32. The molecule has 1 N–H and O–H groups in total. The fourth-order valence-corrected chi connectivity index (χ4v) is 3.27. The van der Waals surface area contributed by atoms with Gasteiger partial charge in [0.15, 0.2) is 0 Å². The molecule has 2 heterocycles. The molecule has 7 nitrogen and oxygen atoms in total. The van der Waals surface area contributed by atoms with Crippen molar-refractivity contribution in [1.29, 1.82) is 0 Å². The summed E-state index contributed by atoms with van der Waals surface area (Å²) in [5.41, 5.74) is 3.19. The summed E-state index contributed by atoms with van der Waals surface area (Å²) in [6.07, 6.45) is 1.15. The molecule has 0 unspecified atom stereocenters. The molecule has 1 aliphatic rings. The Morgan fingerprint density at radius 1 is 1.18 bits per heavy atom. The molecule has 0 bridgehead atoms. The highest BCUT2D eigenvalue weighted by Crippen LogP contribution is 2.24. The van der Waals surface area contributed by atoms with Crippen LogP contribution in [0.15, 0.2) is 54.7 Å². The monoisotopic (exact) mass is 396 g/mol. The van der Waals surface area contributed by atoms with E-state index in [0.29, 0.717) is 40.8 Å². The van der Waals surface area contributed by atoms with Crippen LogP contribution < -0.4 is 10.2 Å². The lowest BCUT2D eigenvalue weighted by molar-refractivity contribution is 0.102. The van der Waals surface area contributed by atoms with Gasteiger partial charge in [-0.2, -0.15) is 5.10 Å². The molecule has 0 radical (unpaired) electrons. The second-order valence-electron chi connectivity index (χ2n) is 6.27. The van der Waals surface area contributed by atoms with Gasteiger partial charge in [-0.25, -0.2) is 9.48 Å². The van der Waals surface area contributed by atoms with Crippen molar-refractivity contribution in [2.45, 2.75) is 6.92 Å². The summed E-state index contributed by atoms with van der Waals surface area (Å²) in [7, 11) is 0. The number of hydrogen-bond donors (Lipinski definition) is 1. The predicted octanol–water partition coefficient (Wildman–Crippen LogP) is 4.04. The van der Waals surface area contributed by atoms with Crippen LogP contribution in [-0.4, -0.2) is 34.9 Å². The number of rotatable bonds is 4. The Hall–Kier alpha value is -3.32. The lowest BCUT2D eigenvalue weighted by atomic mass is 10.2. The van der Waals surface area contributed by atoms with Gasteiger partial charge in [-0.15, -0.1) is 0 Å². The molecule has 1 saturated heterocycles. The minimum absolute atomic E-state index is 0.274. The molecule has 0 saturated carbocycles. The minimum Gasteiger partial charge on any atom is -0.447 e. The Bertz CT molecular complexity index is 1050. The number of para-hydroxylation sites is 1. The zero-order valence-corrected chi connectivity index (χ0v) is 15.8. The van der Waals surface area contributed by atoms with Crippen molar-refractivity contribution in [3.63, 3.8) is 0 Å². The molecule has 142 valence electrons. The molecule has 2 amide bonds. The summed E-state index contributed by atoms with van der Waals surface area (Å²) in [5.74, 6) is -0.274. The fraction of sp³-hybridized carbons (Fsp3) is 0.150. The largest absolute Gasteiger partial charge is 0.447 e. The Morgan fingerprint density at radius 2 is 1.93 bits per heavy atom. The number of benzene rings is 2. The van der Waals surface area contributed by atoms with Gasteiger partial charge in [0.05, 0.1) is 34.7 Å². The summed E-state index contributed by atoms with van der Waals surface area (Å²) in [5, 5.41) is 7.70. The van der Waals surface area contributed by atoms with Gasteiger partial charge in [0.1, 0.15) is 6.61 Å². The van der Waals surface area contributed by atoms with Crippen molar-refractivity contribution >= 4 is 35.0 Å². The highest BCUT2D eigenvalue weighted by atomic mass is 35.5. The average molecular weight is 397 g/mol. The smallest absolute Gasteiger partial charge is 0.414 e. The molecule has 2 aromatic carbocycles. The van der Waals surface area contributed by atoms with E-state index >= 15 is 0 Å². The Morgan fingerprint density at radius 3 is 2.61 bits per heavy atom. The normalized spacial score (nSPS) is 13.5. The molecule has 8 heteroatoms. The highest BCUT2D eigenvalue weighted by molar-refractivity contribution is 6.32. The molecule has 28 heavy (non-hydrogen) atoms. The number of anilines is 2. The lowest BCUT2D eigenvalue weighted by Gasteiger charge is -2.13. The molecular weight excluding hydrogens is 380 g/mol. The molecular formula is C20H17ClN4O3. The number of nitrogens with zero attached hydrogens (tertiary/aromatic N) is 3. The van der Waals surface area contributed by atoms with E-state index in [-0.39, 0.29) is 12.0 Å². The maximum atomic E-state index is 12.7. The summed E-state index contributed by atoms with van der Waals surface area (Å²) in [6, 6.07) is 14.3. The number of carbonyl (C=O) groups is 2. The molecule has 0 aliphatic carbocycles. The topological polar surface area (TPSA) is 76.5 Å². The number of cyclic esters (lactones) is 1. The van der Waals surface area contributed by atoms with Gasteiger partial charge >= 0.3 is 6.09 Å². The molecule has 4 rings (SSSR count). The molecule has 0 atom stereocenters. The molecule has 1 aliphatic heterocycles. The van der Waals surface area contributed by atoms with Crippen molar-refractivity contribution in [3.05, 3.63) is 71.0 Å². The van der Waals surface area contributed by atoms with E-state index in [4.69, 9.17) is 16.3 Å². The third-order valence-electron chi connectivity index (χ3n) is 4.53. The second-order valence-corrected chi connectivity index (χ2v) is 6.68. The first-order valence-electron chi connectivity index (χ1n) is 8.70. The first-order chi connectivity index (χ1) is 13.5. The van der Waals surface area contributed by atoms with Gasteiger partial charge < -0.3 is 10.1 Å². The van der Waals surface area contributed by atoms with Crippen molar-refractivity contribution in [3.8, 4) is 5.69 Å². The van der Waals surface area contributed by atoms with Gasteiger partial charge in [-0.1, -0.05) is 23.7 Å². The summed E-state index contributed by atoms with van der Waals surface area (Å²) >= 11 is 6.23. The zero-order chi connectivity index (χ0) is 19.7. The van der Waals surface area contributed by atoms with Crippen LogP contribution in [0.3, 0.4) is 0 Å². The lowest BCUT2D eigenvalue weighted by Crippen LogP contribution is -2.23. The van der Waals surface area contributed by atoms with E-state index in [2.05, 4.69) is 10.4 Å². The van der Waals surface area contributed by atoms with Gasteiger partial charge in [-0.05, 0) is 43.3 Å². The second kappa shape index (κ2) is 7.36. The van der Waals surface area contributed by atoms with Crippen LogP contribution in [0.4, 0.5) is 16.2 Å². The zero-order valence-electron chi connectivity index (χ0n) is 15.1. The van der Waals surface area contributed by atoms with Crippen LogP contribution in [0.2, 0.25) is 5.02 Å². The van der Waals surface area contributed by atoms with Crippen LogP contribution in [0.5, 0.6) is 0 Å². The molecule has 1 aromatic heterocycles. The van der Waals surface area contributed by atoms with Crippen LogP contribution in [0, 0.1) is 6.92 Å². The Kier molecular flexibility index (Phi) is 4.75. The van der Waals surface area contributed by atoms with Crippen molar-refractivity contribution in [2.75, 3.05) is 23.4 Å². The summed E-state index contributed by atoms with van der Waals surface area (Å²) < 4.78 is 6.57. The number of halogens is 1. The van der Waals surface area contributed by atoms with Gasteiger partial charge in [0, 0.05) is 11.4 Å². The van der Waals surface area contributed by atoms with E-state index in [9.17, 15) is 9.59 Å². The standard InChI is InChI=1S/C20H17ClN4O3/c1-13-16(12-22-25(13)18-5-3-2-4-17(18)21)19(26)23-14-6-8-15(9-7-14)24-10-11-28-20(24)27/h2-9,12H,10-11H2,1H3,(H,23,26). The van der Waals surface area contributed by atoms with E-state index in [1.54, 1.807) is 39.9 Å². The quantitative estimate of drug-likeness (QED) is 0.722. The molecule has 3 aromatic rings. The van der Waals surface area contributed by atoms with Crippen molar-refractivity contribution in [2.24, 2.45) is 0 Å². The maximum absolute atomic E-state index is 12.7. The molecule has 1 fully saturated rings. The van der Waals surface area contributed by atoms with E-state index in [1.165, 1.54) is 6.20 Å². The predicted molar refractivity (Wildman–Crippen MR) is 106 cm³/mol. The highest BCUT2D eigenvalue weighted by Gasteiger charge is 2.23. The Labute approximate surface area is 166 Å². The number of ether oxygens (including phenoxy) is 1. The number of aromatic nitrogens is 2. The fourth-order valence-electron chi connectivity index (χ4n) is 3.05. The maximum Gasteiger partial charge on any atom is 0.414 e. The summed E-state index contributed by atoms with van der Waals surface area (Å²) in [4.78, 5) is 25.8. The first-order valence-corrected chi connectivity index (χ1v) is 9.07. The number of amides is 2. The number of hydrogen-bond acceptors (Lipinski definition) is 4. The SMILES string of the molecule is Cc1c(C(=O)Nc2ccc(N3CCOC3=O)cc2)cnn1-c1ccccc1Cl. The van der Waals surface area contributed by atoms with Crippen LogP contribution in [0.1, 0.15) is 16.1 Å². The minimum atomic E-state index is -0.362. The van der Waals surface area contributed by atoms with Gasteiger partial charge in [-0.3, -0.25) is 9.69 Å². The molecule has 0 spiro atoms. The first kappa shape index (κ1) is 18.1. The average Bonchev–Trinajstić information content (AvgIpc) is 3.28. The van der Waals surface area contributed by atoms with Gasteiger partial charge in [0.2, 0.25) is 0 Å². The van der Waals surface area contributed by atoms with Crippen LogP contribution in [0.25, 0.3) is 5.69 Å². The van der Waals surface area contributed by atoms with E-state index in [0.717, 1.165) is 5.69 Å². The third-order valence-corrected chi connectivity index (χ3v) is 4.85.